The molecule has 5 rings (SSSR count). The molecule has 0 bridgehead atoms. The van der Waals surface area contributed by atoms with E-state index in [9.17, 15) is 9.90 Å². The summed E-state index contributed by atoms with van der Waals surface area (Å²) < 4.78 is 3.48. The van der Waals surface area contributed by atoms with Gasteiger partial charge in [0.05, 0.1) is 12.7 Å². The van der Waals surface area contributed by atoms with Gasteiger partial charge in [0.25, 0.3) is 0 Å². The minimum Gasteiger partial charge on any atom is -0.503 e. The van der Waals surface area contributed by atoms with Crippen molar-refractivity contribution < 1.29 is 5.11 Å². The van der Waals surface area contributed by atoms with Crippen LogP contribution in [0.25, 0.3) is 11.5 Å². The van der Waals surface area contributed by atoms with Crippen molar-refractivity contribution in [3.63, 3.8) is 0 Å². The molecule has 4 aromatic rings. The van der Waals surface area contributed by atoms with Crippen LogP contribution in [0.5, 0.6) is 5.75 Å². The van der Waals surface area contributed by atoms with E-state index < -0.39 is 5.43 Å². The fourth-order valence-electron chi connectivity index (χ4n) is 3.31. The number of halogens is 2. The Labute approximate surface area is 183 Å². The molecule has 0 unspecified atom stereocenters. The molecule has 0 saturated heterocycles. The monoisotopic (exact) mass is 440 g/mol. The standard InChI is InChI=1S/C13H10Cl2.C9H8N4O2/c14-12-5-1-3-10(8-12)7-11-4-2-6-13(15)9-11;14-6-5-11-13-4-3-12-2-1-10-9(12)7(13)8(6)15/h1-6,8-9H,7H2;1-2,5,15H,3-4H2. The Morgan fingerprint density at radius 1 is 1.00 bits per heavy atom. The summed E-state index contributed by atoms with van der Waals surface area (Å²) in [5.41, 5.74) is 2.32. The first-order valence-electron chi connectivity index (χ1n) is 9.31. The van der Waals surface area contributed by atoms with Crippen molar-refractivity contribution in [1.82, 2.24) is 19.3 Å². The van der Waals surface area contributed by atoms with Crippen LogP contribution in [0.4, 0.5) is 0 Å². The molecule has 0 radical (unpaired) electrons. The molecular formula is C22H18Cl2N4O2. The lowest BCUT2D eigenvalue weighted by atomic mass is 10.1. The molecule has 0 saturated carbocycles. The molecule has 2 aromatic heterocycles. The SMILES string of the molecule is Clc1cccc(Cc2cccc(Cl)c2)c1.O=c1cnn2c(c1O)-c1nccn1CC2. The highest BCUT2D eigenvalue weighted by Gasteiger charge is 2.21. The minimum atomic E-state index is -0.474. The Morgan fingerprint density at radius 3 is 2.30 bits per heavy atom. The lowest BCUT2D eigenvalue weighted by molar-refractivity contribution is 0.435. The van der Waals surface area contributed by atoms with E-state index in [-0.39, 0.29) is 5.75 Å². The number of imidazole rings is 1. The number of aromatic nitrogens is 4. The number of nitrogens with zero attached hydrogens (tertiary/aromatic N) is 4. The van der Waals surface area contributed by atoms with Gasteiger partial charge in [-0.25, -0.2) is 4.98 Å². The summed E-state index contributed by atoms with van der Waals surface area (Å²) in [6.45, 7) is 1.38. The number of hydrogen-bond acceptors (Lipinski definition) is 4. The maximum atomic E-state index is 11.3. The third kappa shape index (κ3) is 4.40. The smallest absolute Gasteiger partial charge is 0.242 e. The quantitative estimate of drug-likeness (QED) is 0.500. The molecule has 30 heavy (non-hydrogen) atoms. The van der Waals surface area contributed by atoms with Gasteiger partial charge < -0.3 is 9.67 Å². The molecule has 1 N–H and O–H groups in total. The van der Waals surface area contributed by atoms with Crippen molar-refractivity contribution in [3.8, 4) is 17.3 Å². The van der Waals surface area contributed by atoms with Crippen LogP contribution < -0.4 is 5.43 Å². The fourth-order valence-corrected chi connectivity index (χ4v) is 3.74. The van der Waals surface area contributed by atoms with Gasteiger partial charge in [-0.05, 0) is 41.8 Å². The predicted molar refractivity (Wildman–Crippen MR) is 117 cm³/mol. The van der Waals surface area contributed by atoms with E-state index in [1.165, 1.54) is 11.1 Å². The maximum absolute atomic E-state index is 11.3. The van der Waals surface area contributed by atoms with Crippen LogP contribution in [0.15, 0.2) is 71.9 Å². The highest BCUT2D eigenvalue weighted by Crippen LogP contribution is 2.26. The number of rotatable bonds is 2. The average Bonchev–Trinajstić information content (AvgIpc) is 3.20. The second kappa shape index (κ2) is 8.73. The summed E-state index contributed by atoms with van der Waals surface area (Å²) in [5.74, 6) is 0.307. The molecule has 1 aliphatic heterocycles. The molecule has 0 atom stereocenters. The van der Waals surface area contributed by atoms with Crippen LogP contribution in [0, 0.1) is 0 Å². The van der Waals surface area contributed by atoms with Gasteiger partial charge in [-0.1, -0.05) is 47.5 Å². The van der Waals surface area contributed by atoms with E-state index in [1.807, 2.05) is 47.2 Å². The molecule has 0 amide bonds. The molecule has 8 heteroatoms. The lowest BCUT2D eigenvalue weighted by Gasteiger charge is -2.19. The normalized spacial score (nSPS) is 11.8. The van der Waals surface area contributed by atoms with Crippen LogP contribution in [0.3, 0.4) is 0 Å². The number of hydrogen-bond donors (Lipinski definition) is 1. The van der Waals surface area contributed by atoms with Crippen molar-refractivity contribution in [2.45, 2.75) is 19.5 Å². The summed E-state index contributed by atoms with van der Waals surface area (Å²) >= 11 is 11.8. The van der Waals surface area contributed by atoms with Gasteiger partial charge in [-0.2, -0.15) is 5.10 Å². The Balaban J connectivity index is 0.000000145. The van der Waals surface area contributed by atoms with E-state index in [0.29, 0.717) is 18.1 Å². The molecule has 0 aliphatic carbocycles. The van der Waals surface area contributed by atoms with Crippen molar-refractivity contribution in [2.75, 3.05) is 0 Å². The van der Waals surface area contributed by atoms with Crippen LogP contribution in [0.2, 0.25) is 10.0 Å². The van der Waals surface area contributed by atoms with Crippen LogP contribution in [-0.2, 0) is 19.5 Å². The van der Waals surface area contributed by atoms with Crippen molar-refractivity contribution in [2.24, 2.45) is 0 Å². The zero-order valence-electron chi connectivity index (χ0n) is 15.9. The summed E-state index contributed by atoms with van der Waals surface area (Å²) in [7, 11) is 0. The highest BCUT2D eigenvalue weighted by molar-refractivity contribution is 6.31. The van der Waals surface area contributed by atoms with Gasteiger partial charge in [0, 0.05) is 29.0 Å². The summed E-state index contributed by atoms with van der Waals surface area (Å²) in [6.07, 6.45) is 5.44. The first-order chi connectivity index (χ1) is 14.5. The number of aromatic hydroxyl groups is 1. The van der Waals surface area contributed by atoms with Crippen molar-refractivity contribution in [3.05, 3.63) is 98.5 Å². The van der Waals surface area contributed by atoms with Gasteiger partial charge in [-0.3, -0.25) is 9.48 Å². The third-order valence-corrected chi connectivity index (χ3v) is 5.17. The molecule has 0 spiro atoms. The van der Waals surface area contributed by atoms with Gasteiger partial charge >= 0.3 is 0 Å². The maximum Gasteiger partial charge on any atom is 0.242 e. The Bertz CT molecular complexity index is 1210. The van der Waals surface area contributed by atoms with Gasteiger partial charge in [-0.15, -0.1) is 0 Å². The Kier molecular flexibility index (Phi) is 5.88. The summed E-state index contributed by atoms with van der Waals surface area (Å²) in [6, 6.07) is 15.8. The van der Waals surface area contributed by atoms with E-state index >= 15 is 0 Å². The molecule has 2 aromatic carbocycles. The zero-order chi connectivity index (χ0) is 21.1. The number of aryl methyl sites for hydroxylation is 2. The van der Waals surface area contributed by atoms with E-state index in [4.69, 9.17) is 23.2 Å². The zero-order valence-corrected chi connectivity index (χ0v) is 17.4. The van der Waals surface area contributed by atoms with Crippen LogP contribution >= 0.6 is 23.2 Å². The average molecular weight is 441 g/mol. The first kappa shape index (κ1) is 20.2. The Hall–Kier alpha value is -3.09. The molecule has 3 heterocycles. The second-order valence-electron chi connectivity index (χ2n) is 6.81. The minimum absolute atomic E-state index is 0.280. The largest absolute Gasteiger partial charge is 0.503 e. The number of fused-ring (bicyclic) bond motifs is 3. The second-order valence-corrected chi connectivity index (χ2v) is 7.68. The topological polar surface area (TPSA) is 72.9 Å². The van der Waals surface area contributed by atoms with E-state index in [1.54, 1.807) is 10.9 Å². The number of benzene rings is 2. The lowest BCUT2D eigenvalue weighted by Crippen LogP contribution is -2.22. The molecule has 152 valence electrons. The van der Waals surface area contributed by atoms with Crippen molar-refractivity contribution in [1.29, 1.82) is 0 Å². The molecule has 6 nitrogen and oxygen atoms in total. The van der Waals surface area contributed by atoms with Crippen LogP contribution in [-0.4, -0.2) is 24.4 Å². The molecule has 1 aliphatic rings. The van der Waals surface area contributed by atoms with Gasteiger partial charge in [0.2, 0.25) is 5.43 Å². The van der Waals surface area contributed by atoms with Crippen LogP contribution in [0.1, 0.15) is 11.1 Å². The fraction of sp³-hybridized carbons (Fsp3) is 0.136. The van der Waals surface area contributed by atoms with Gasteiger partial charge in [0.15, 0.2) is 11.6 Å². The molecular weight excluding hydrogens is 423 g/mol. The highest BCUT2D eigenvalue weighted by atomic mass is 35.5. The third-order valence-electron chi connectivity index (χ3n) is 4.70. The van der Waals surface area contributed by atoms with E-state index in [0.717, 1.165) is 29.2 Å². The van der Waals surface area contributed by atoms with Crippen molar-refractivity contribution >= 4 is 23.2 Å². The Morgan fingerprint density at radius 2 is 1.67 bits per heavy atom. The molecule has 0 fully saturated rings. The van der Waals surface area contributed by atoms with Gasteiger partial charge in [0.1, 0.15) is 5.69 Å². The summed E-state index contributed by atoms with van der Waals surface area (Å²) in [4.78, 5) is 15.4. The predicted octanol–water partition coefficient (Wildman–Crippen LogP) is 4.41. The summed E-state index contributed by atoms with van der Waals surface area (Å²) in [5, 5.41) is 15.2. The van der Waals surface area contributed by atoms with E-state index in [2.05, 4.69) is 22.2 Å². The first-order valence-corrected chi connectivity index (χ1v) is 10.1.